The molecule has 11 heavy (non-hydrogen) atoms. The molecule has 0 bridgehead atoms. The molecule has 2 heteroatoms. The summed E-state index contributed by atoms with van der Waals surface area (Å²) in [5.41, 5.74) is 1.30. The van der Waals surface area contributed by atoms with Crippen LogP contribution in [0.15, 0.2) is 24.3 Å². The molecule has 0 atom stereocenters. The Hall–Kier alpha value is 0.0425. The van der Waals surface area contributed by atoms with E-state index in [1.54, 1.807) is 0 Å². The Morgan fingerprint density at radius 1 is 1.09 bits per heavy atom. The lowest BCUT2D eigenvalue weighted by atomic mass is 10.2. The van der Waals surface area contributed by atoms with Gasteiger partial charge >= 0.3 is 14.3 Å². The van der Waals surface area contributed by atoms with Crippen molar-refractivity contribution in [1.82, 2.24) is 0 Å². The second kappa shape index (κ2) is 6.73. The fourth-order valence-corrected chi connectivity index (χ4v) is 1.63. The van der Waals surface area contributed by atoms with E-state index in [2.05, 4.69) is 31.2 Å². The first kappa shape index (κ1) is 11.0. The van der Waals surface area contributed by atoms with Gasteiger partial charge in [-0.2, -0.15) is 0 Å². The lowest BCUT2D eigenvalue weighted by molar-refractivity contribution is 1.49. The smallest absolute Gasteiger partial charge is 0.260 e. The van der Waals surface area contributed by atoms with Gasteiger partial charge in [-0.1, -0.05) is 48.1 Å². The highest BCUT2D eigenvalue weighted by atomic mass is 35.6. The maximum Gasteiger partial charge on any atom is 0.414 e. The van der Waals surface area contributed by atoms with Crippen molar-refractivity contribution in [3.8, 4) is 0 Å². The molecular formula is C9H14AlCl. The monoisotopic (exact) mass is 184 g/mol. The maximum absolute atomic E-state index is 5.72. The van der Waals surface area contributed by atoms with Crippen LogP contribution in [0.3, 0.4) is 0 Å². The van der Waals surface area contributed by atoms with E-state index in [-0.39, 0.29) is 0 Å². The summed E-state index contributed by atoms with van der Waals surface area (Å²) < 4.78 is 1.32. The minimum atomic E-state index is -0.453. The average molecular weight is 185 g/mol. The summed E-state index contributed by atoms with van der Waals surface area (Å²) in [6, 6.07) is 8.42. The van der Waals surface area contributed by atoms with E-state index in [0.717, 1.165) is 0 Å². The van der Waals surface area contributed by atoms with Gasteiger partial charge in [0, 0.05) is 0 Å². The molecule has 0 saturated carbocycles. The van der Waals surface area contributed by atoms with Gasteiger partial charge < -0.3 is 0 Å². The quantitative estimate of drug-likeness (QED) is 0.588. The first-order valence-electron chi connectivity index (χ1n) is 3.94. The van der Waals surface area contributed by atoms with Crippen molar-refractivity contribution in [3.05, 3.63) is 29.8 Å². The van der Waals surface area contributed by atoms with Crippen LogP contribution in [-0.2, 0) is 0 Å². The summed E-state index contributed by atoms with van der Waals surface area (Å²) in [6.45, 7) is 6.08. The SMILES string of the molecule is CC.Cc1cc[c]([AlH][Cl])cc1. The molecule has 0 N–H and O–H groups in total. The highest BCUT2D eigenvalue weighted by Gasteiger charge is 1.90. The van der Waals surface area contributed by atoms with Crippen LogP contribution in [-0.4, -0.2) is 14.3 Å². The van der Waals surface area contributed by atoms with E-state index >= 15 is 0 Å². The molecule has 0 aromatic heterocycles. The topological polar surface area (TPSA) is 0 Å². The summed E-state index contributed by atoms with van der Waals surface area (Å²) in [4.78, 5) is 0. The molecule has 0 radical (unpaired) electrons. The van der Waals surface area contributed by atoms with Gasteiger partial charge in [0.1, 0.15) is 0 Å². The largest absolute Gasteiger partial charge is 0.414 e. The number of aryl methyl sites for hydroxylation is 1. The van der Waals surface area contributed by atoms with Crippen molar-refractivity contribution < 1.29 is 0 Å². The Bertz CT molecular complexity index is 181. The number of benzene rings is 1. The summed E-state index contributed by atoms with van der Waals surface area (Å²) in [6.07, 6.45) is 0. The molecule has 1 aromatic carbocycles. The Morgan fingerprint density at radius 3 is 1.91 bits per heavy atom. The Labute approximate surface area is 79.5 Å². The minimum Gasteiger partial charge on any atom is -0.260 e. The van der Waals surface area contributed by atoms with Gasteiger partial charge in [0.05, 0.1) is 0 Å². The average Bonchev–Trinajstić information content (AvgIpc) is 2.10. The standard InChI is InChI=1S/C7H7.C2H6.Al.ClH.H/c1-7-5-3-2-4-6-7;1-2;;;/h3-6H,1H3;1-2H3;;1H;/q;;+1;;/p-1. The summed E-state index contributed by atoms with van der Waals surface area (Å²) in [5, 5.41) is 0. The molecule has 60 valence electrons. The molecule has 0 fully saturated rings. The van der Waals surface area contributed by atoms with E-state index in [0.29, 0.717) is 0 Å². The van der Waals surface area contributed by atoms with Gasteiger partial charge in [-0.3, -0.25) is 10.0 Å². The predicted molar refractivity (Wildman–Crippen MR) is 55.2 cm³/mol. The molecule has 0 heterocycles. The zero-order chi connectivity index (χ0) is 8.69. The first-order valence-corrected chi connectivity index (χ1v) is 6.79. The number of rotatable bonds is 1. The predicted octanol–water partition coefficient (Wildman–Crippen LogP) is 2.24. The molecule has 0 aliphatic carbocycles. The van der Waals surface area contributed by atoms with E-state index < -0.39 is 14.3 Å². The Morgan fingerprint density at radius 2 is 1.55 bits per heavy atom. The van der Waals surface area contributed by atoms with Crippen molar-refractivity contribution in [1.29, 1.82) is 0 Å². The third kappa shape index (κ3) is 4.48. The Balaban J connectivity index is 0.000000461. The van der Waals surface area contributed by atoms with Crippen LogP contribution in [0.4, 0.5) is 0 Å². The molecule has 0 aliphatic heterocycles. The summed E-state index contributed by atoms with van der Waals surface area (Å²) >= 11 is -0.453. The number of hydrogen-bond acceptors (Lipinski definition) is 0. The van der Waals surface area contributed by atoms with E-state index in [9.17, 15) is 0 Å². The zero-order valence-corrected chi connectivity index (χ0v) is 9.56. The molecule has 0 nitrogen and oxygen atoms in total. The molecule has 0 spiro atoms. The maximum atomic E-state index is 5.72. The van der Waals surface area contributed by atoms with Crippen LogP contribution >= 0.6 is 10.0 Å². The highest BCUT2D eigenvalue weighted by Crippen LogP contribution is 1.92. The lowest BCUT2D eigenvalue weighted by Gasteiger charge is -1.92. The van der Waals surface area contributed by atoms with Crippen LogP contribution < -0.4 is 4.43 Å². The fraction of sp³-hybridized carbons (Fsp3) is 0.333. The highest BCUT2D eigenvalue weighted by molar-refractivity contribution is 7.01. The van der Waals surface area contributed by atoms with Crippen LogP contribution in [0.2, 0.25) is 0 Å². The number of halogens is 1. The molecule has 1 aromatic rings. The van der Waals surface area contributed by atoms with Crippen molar-refractivity contribution >= 4 is 28.8 Å². The van der Waals surface area contributed by atoms with E-state index in [1.807, 2.05) is 13.8 Å². The van der Waals surface area contributed by atoms with E-state index in [1.165, 1.54) is 9.99 Å². The van der Waals surface area contributed by atoms with Gasteiger partial charge in [-0.15, -0.1) is 0 Å². The van der Waals surface area contributed by atoms with Crippen LogP contribution in [0.25, 0.3) is 0 Å². The molecule has 1 rings (SSSR count). The molecule has 0 unspecified atom stereocenters. The second-order valence-electron chi connectivity index (χ2n) is 2.12. The minimum absolute atomic E-state index is 0.453. The van der Waals surface area contributed by atoms with Crippen LogP contribution in [0.1, 0.15) is 19.4 Å². The summed E-state index contributed by atoms with van der Waals surface area (Å²) in [7, 11) is 5.72. The van der Waals surface area contributed by atoms with Gasteiger partial charge in [0.2, 0.25) is 0 Å². The Kier molecular flexibility index (Phi) is 6.76. The molecule has 0 saturated heterocycles. The van der Waals surface area contributed by atoms with Crippen molar-refractivity contribution in [2.45, 2.75) is 20.8 Å². The van der Waals surface area contributed by atoms with Crippen molar-refractivity contribution in [2.75, 3.05) is 0 Å². The fourth-order valence-electron chi connectivity index (χ4n) is 0.677. The van der Waals surface area contributed by atoms with Gasteiger partial charge in [0.25, 0.3) is 0 Å². The zero-order valence-electron chi connectivity index (χ0n) is 7.39. The van der Waals surface area contributed by atoms with Crippen molar-refractivity contribution in [3.63, 3.8) is 0 Å². The van der Waals surface area contributed by atoms with E-state index in [4.69, 9.17) is 10.0 Å². The van der Waals surface area contributed by atoms with Crippen molar-refractivity contribution in [2.24, 2.45) is 0 Å². The number of hydrogen-bond donors (Lipinski definition) is 0. The van der Waals surface area contributed by atoms with Gasteiger partial charge in [-0.25, -0.2) is 0 Å². The normalized spacial score (nSPS) is 8.00. The third-order valence-corrected chi connectivity index (χ3v) is 2.98. The second-order valence-corrected chi connectivity index (χ2v) is 4.00. The molecule has 0 aliphatic rings. The first-order chi connectivity index (χ1) is 5.33. The lowest BCUT2D eigenvalue weighted by Crippen LogP contribution is -2.06. The molecular weight excluding hydrogens is 171 g/mol. The van der Waals surface area contributed by atoms with Crippen LogP contribution in [0.5, 0.6) is 0 Å². The summed E-state index contributed by atoms with van der Waals surface area (Å²) in [5.74, 6) is 0. The van der Waals surface area contributed by atoms with Crippen LogP contribution in [0, 0.1) is 6.92 Å². The third-order valence-electron chi connectivity index (χ3n) is 1.27. The molecule has 0 amide bonds. The van der Waals surface area contributed by atoms with Gasteiger partial charge in [-0.05, 0) is 6.92 Å². The van der Waals surface area contributed by atoms with Gasteiger partial charge in [0.15, 0.2) is 0 Å².